The van der Waals surface area contributed by atoms with E-state index in [-0.39, 0.29) is 40.0 Å². The number of allylic oxidation sites excluding steroid dienone is 1. The lowest BCUT2D eigenvalue weighted by atomic mass is 9.38. The number of hydrogen-bond donors (Lipinski definition) is 1. The topological polar surface area (TPSA) is 76.7 Å². The van der Waals surface area contributed by atoms with Crippen LogP contribution < -0.4 is 5.63 Å². The molecule has 5 heteroatoms. The van der Waals surface area contributed by atoms with Crippen molar-refractivity contribution in [2.45, 2.75) is 92.6 Å². The van der Waals surface area contributed by atoms with Crippen LogP contribution in [0.25, 0.3) is 0 Å². The molecule has 1 heterocycles. The smallest absolute Gasteiger partial charge is 0.342 e. The number of carbonyl (C=O) groups is 1. The first kappa shape index (κ1) is 24.1. The maximum absolute atomic E-state index is 12.6. The fourth-order valence-electron chi connectivity index (χ4n) is 8.41. The van der Waals surface area contributed by atoms with Gasteiger partial charge in [0.25, 0.3) is 0 Å². The van der Waals surface area contributed by atoms with Gasteiger partial charge in [-0.25, -0.2) is 4.79 Å². The molecule has 0 aromatic carbocycles. The van der Waals surface area contributed by atoms with Crippen molar-refractivity contribution < 1.29 is 19.1 Å². The molecule has 0 spiro atoms. The average molecular weight is 457 g/mol. The third-order valence-corrected chi connectivity index (χ3v) is 9.94. The molecule has 1 aromatic heterocycles. The van der Waals surface area contributed by atoms with Gasteiger partial charge >= 0.3 is 11.6 Å². The van der Waals surface area contributed by atoms with Crippen LogP contribution in [0.2, 0.25) is 0 Å². The Balaban J connectivity index is 1.69. The van der Waals surface area contributed by atoms with E-state index >= 15 is 0 Å². The standard InChI is InChI=1S/C28H40O5/c1-16-8-9-23-27(6,20(16)15-19-21(30)14-17(2)32-25(19)31)12-10-22-26(4,5)24(33-18(3)29)11-13-28(22,23)7/h14,20,22-24,30H,1,8-13,15H2,2-7H3/t20-,22?,23?,24+,27+,28+/m1/s1. The number of aromatic hydroxyl groups is 1. The van der Waals surface area contributed by atoms with E-state index < -0.39 is 5.63 Å². The van der Waals surface area contributed by atoms with Gasteiger partial charge in [-0.3, -0.25) is 4.79 Å². The molecule has 2 unspecified atom stereocenters. The molecular weight excluding hydrogens is 416 g/mol. The number of hydrogen-bond acceptors (Lipinski definition) is 5. The van der Waals surface area contributed by atoms with Crippen LogP contribution in [0.1, 0.15) is 84.5 Å². The quantitative estimate of drug-likeness (QED) is 0.449. The molecule has 0 saturated heterocycles. The zero-order valence-electron chi connectivity index (χ0n) is 21.1. The molecule has 1 aromatic rings. The molecule has 6 atom stereocenters. The second-order valence-corrected chi connectivity index (χ2v) is 12.1. The number of ether oxygens (including phenoxy) is 1. The Bertz CT molecular complexity index is 1020. The van der Waals surface area contributed by atoms with Gasteiger partial charge in [-0.1, -0.05) is 39.8 Å². The van der Waals surface area contributed by atoms with E-state index in [0.29, 0.717) is 29.6 Å². The lowest BCUT2D eigenvalue weighted by Crippen LogP contribution is -2.61. The Morgan fingerprint density at radius 1 is 1.15 bits per heavy atom. The Hall–Kier alpha value is -2.04. The van der Waals surface area contributed by atoms with Crippen molar-refractivity contribution >= 4 is 5.97 Å². The van der Waals surface area contributed by atoms with E-state index in [0.717, 1.165) is 38.5 Å². The maximum Gasteiger partial charge on any atom is 0.342 e. The first-order valence-electron chi connectivity index (χ1n) is 12.5. The molecule has 3 aliphatic rings. The summed E-state index contributed by atoms with van der Waals surface area (Å²) in [6.07, 6.45) is 6.50. The predicted octanol–water partition coefficient (Wildman–Crippen LogP) is 5.95. The first-order valence-corrected chi connectivity index (χ1v) is 12.5. The van der Waals surface area contributed by atoms with Crippen LogP contribution in [-0.4, -0.2) is 17.2 Å². The van der Waals surface area contributed by atoms with Crippen molar-refractivity contribution in [2.75, 3.05) is 0 Å². The van der Waals surface area contributed by atoms with Gasteiger partial charge < -0.3 is 14.3 Å². The third kappa shape index (κ3) is 3.76. The number of aryl methyl sites for hydroxylation is 1. The van der Waals surface area contributed by atoms with Gasteiger partial charge in [0, 0.05) is 18.4 Å². The van der Waals surface area contributed by atoms with E-state index in [9.17, 15) is 14.7 Å². The SMILES string of the molecule is C=C1CCC2[C@@]3(C)CC[C@H](OC(C)=O)C(C)(C)C3CC[C@@]2(C)[C@@H]1Cc1c(O)cc(C)oc1=O. The van der Waals surface area contributed by atoms with Crippen LogP contribution in [0.5, 0.6) is 5.75 Å². The van der Waals surface area contributed by atoms with Gasteiger partial charge in [-0.05, 0) is 80.5 Å². The second-order valence-electron chi connectivity index (χ2n) is 12.1. The fourth-order valence-corrected chi connectivity index (χ4v) is 8.41. The van der Waals surface area contributed by atoms with Crippen LogP contribution >= 0.6 is 0 Å². The minimum atomic E-state index is -0.436. The molecule has 4 rings (SSSR count). The Morgan fingerprint density at radius 3 is 2.45 bits per heavy atom. The maximum atomic E-state index is 12.6. The summed E-state index contributed by atoms with van der Waals surface area (Å²) in [5, 5.41) is 10.5. The highest BCUT2D eigenvalue weighted by atomic mass is 16.5. The molecule has 0 amide bonds. The first-order chi connectivity index (χ1) is 15.3. The summed E-state index contributed by atoms with van der Waals surface area (Å²) in [7, 11) is 0. The van der Waals surface area contributed by atoms with Gasteiger partial charge in [0.1, 0.15) is 17.6 Å². The molecule has 3 fully saturated rings. The monoisotopic (exact) mass is 456 g/mol. The second kappa shape index (κ2) is 8.02. The Kier molecular flexibility index (Phi) is 5.86. The Morgan fingerprint density at radius 2 is 1.82 bits per heavy atom. The molecule has 5 nitrogen and oxygen atoms in total. The van der Waals surface area contributed by atoms with Crippen LogP contribution in [0.3, 0.4) is 0 Å². The van der Waals surface area contributed by atoms with Crippen LogP contribution in [-0.2, 0) is 16.0 Å². The zero-order chi connectivity index (χ0) is 24.3. The number of fused-ring (bicyclic) bond motifs is 3. The molecule has 182 valence electrons. The summed E-state index contributed by atoms with van der Waals surface area (Å²) in [6, 6.07) is 1.54. The summed E-state index contributed by atoms with van der Waals surface area (Å²) in [5.74, 6) is 1.34. The summed E-state index contributed by atoms with van der Waals surface area (Å²) in [5.41, 5.74) is 1.16. The van der Waals surface area contributed by atoms with Crippen LogP contribution in [0, 0.1) is 40.9 Å². The van der Waals surface area contributed by atoms with Crippen molar-refractivity contribution in [3.05, 3.63) is 40.0 Å². The number of rotatable bonds is 3. The van der Waals surface area contributed by atoms with Crippen molar-refractivity contribution in [2.24, 2.45) is 34.0 Å². The minimum Gasteiger partial charge on any atom is -0.507 e. The van der Waals surface area contributed by atoms with Crippen molar-refractivity contribution in [1.29, 1.82) is 0 Å². The highest BCUT2D eigenvalue weighted by Crippen LogP contribution is 2.69. The van der Waals surface area contributed by atoms with E-state index in [2.05, 4.69) is 34.3 Å². The molecule has 1 N–H and O–H groups in total. The third-order valence-electron chi connectivity index (χ3n) is 9.94. The molecule has 3 saturated carbocycles. The van der Waals surface area contributed by atoms with E-state index in [1.165, 1.54) is 12.5 Å². The van der Waals surface area contributed by atoms with Gasteiger partial charge in [-0.2, -0.15) is 0 Å². The van der Waals surface area contributed by atoms with Gasteiger partial charge in [-0.15, -0.1) is 0 Å². The summed E-state index contributed by atoms with van der Waals surface area (Å²) in [6.45, 7) is 17.0. The summed E-state index contributed by atoms with van der Waals surface area (Å²) in [4.78, 5) is 24.4. The van der Waals surface area contributed by atoms with Gasteiger partial charge in [0.2, 0.25) is 0 Å². The average Bonchev–Trinajstić information content (AvgIpc) is 2.68. The molecule has 33 heavy (non-hydrogen) atoms. The van der Waals surface area contributed by atoms with Gasteiger partial charge in [0.05, 0.1) is 5.56 Å². The summed E-state index contributed by atoms with van der Waals surface area (Å²) < 4.78 is 11.1. The van der Waals surface area contributed by atoms with Crippen molar-refractivity contribution in [3.63, 3.8) is 0 Å². The van der Waals surface area contributed by atoms with E-state index in [1.807, 2.05) is 0 Å². The van der Waals surface area contributed by atoms with Crippen LogP contribution in [0.15, 0.2) is 27.4 Å². The summed E-state index contributed by atoms with van der Waals surface area (Å²) >= 11 is 0. The van der Waals surface area contributed by atoms with E-state index in [4.69, 9.17) is 9.15 Å². The van der Waals surface area contributed by atoms with E-state index in [1.54, 1.807) is 13.0 Å². The molecule has 0 radical (unpaired) electrons. The molecular formula is C28H40O5. The van der Waals surface area contributed by atoms with Crippen molar-refractivity contribution in [1.82, 2.24) is 0 Å². The van der Waals surface area contributed by atoms with Gasteiger partial charge in [0.15, 0.2) is 0 Å². The molecule has 0 aliphatic heterocycles. The zero-order valence-corrected chi connectivity index (χ0v) is 21.1. The number of esters is 1. The predicted molar refractivity (Wildman–Crippen MR) is 128 cm³/mol. The Labute approximate surface area is 197 Å². The minimum absolute atomic E-state index is 0.00526. The lowest BCUT2D eigenvalue weighted by Gasteiger charge is -2.66. The van der Waals surface area contributed by atoms with Crippen LogP contribution in [0.4, 0.5) is 0 Å². The van der Waals surface area contributed by atoms with Crippen molar-refractivity contribution in [3.8, 4) is 5.75 Å². The highest BCUT2D eigenvalue weighted by Gasteiger charge is 2.63. The highest BCUT2D eigenvalue weighted by molar-refractivity contribution is 5.66. The normalized spacial score (nSPS) is 37.7. The lowest BCUT2D eigenvalue weighted by molar-refractivity contribution is -0.200. The largest absolute Gasteiger partial charge is 0.507 e. The molecule has 0 bridgehead atoms. The molecule has 3 aliphatic carbocycles. The number of carbonyl (C=O) groups excluding carboxylic acids is 1. The fraction of sp³-hybridized carbons (Fsp3) is 0.714.